The molecule has 2 aliphatic heterocycles. The molecule has 5 rings (SSSR count). The van der Waals surface area contributed by atoms with Crippen molar-refractivity contribution in [3.63, 3.8) is 0 Å². The van der Waals surface area contributed by atoms with Gasteiger partial charge in [-0.05, 0) is 57.2 Å². The van der Waals surface area contributed by atoms with Crippen LogP contribution in [0, 0.1) is 13.8 Å². The predicted octanol–water partition coefficient (Wildman–Crippen LogP) is 2.94. The highest BCUT2D eigenvalue weighted by atomic mass is 32.2. The molecule has 174 valence electrons. The number of aryl methyl sites for hydroxylation is 1. The Labute approximate surface area is 193 Å². The summed E-state index contributed by atoms with van der Waals surface area (Å²) in [5, 5.41) is 3.83. The van der Waals surface area contributed by atoms with Crippen LogP contribution in [0.25, 0.3) is 16.7 Å². The number of carbonyl (C=O) groups is 1. The second-order valence-electron chi connectivity index (χ2n) is 9.07. The quantitative estimate of drug-likeness (QED) is 0.634. The van der Waals surface area contributed by atoms with Crippen molar-refractivity contribution < 1.29 is 13.2 Å². The molecular weight excluding hydrogens is 438 g/mol. The molecular formula is C24H29N5O3S. The van der Waals surface area contributed by atoms with Crippen LogP contribution in [0.4, 0.5) is 5.82 Å². The number of sulfone groups is 1. The fourth-order valence-corrected chi connectivity index (χ4v) is 6.60. The summed E-state index contributed by atoms with van der Waals surface area (Å²) in [7, 11) is -3.10. The average molecular weight is 468 g/mol. The second-order valence-corrected chi connectivity index (χ2v) is 11.3. The highest BCUT2D eigenvalue weighted by molar-refractivity contribution is 7.91. The number of rotatable bonds is 4. The third kappa shape index (κ3) is 4.10. The minimum absolute atomic E-state index is 0.0292. The minimum atomic E-state index is -3.10. The van der Waals surface area contributed by atoms with Gasteiger partial charge in [0.25, 0.3) is 5.91 Å². The number of para-hydroxylation sites is 1. The molecule has 0 aliphatic carbocycles. The molecule has 0 spiro atoms. The van der Waals surface area contributed by atoms with Crippen LogP contribution in [0.5, 0.6) is 0 Å². The average Bonchev–Trinajstić information content (AvgIpc) is 3.29. The number of piperidine rings is 1. The highest BCUT2D eigenvalue weighted by Gasteiger charge is 2.31. The summed E-state index contributed by atoms with van der Waals surface area (Å²) >= 11 is 0. The van der Waals surface area contributed by atoms with Gasteiger partial charge >= 0.3 is 0 Å². The SMILES string of the molecule is Cc1c(C)n(-c2ccccc2)c2nc(C(=O)N[C@@H]3CCS(=O)(=O)C3)nc(N3CCCCC3)c12. The van der Waals surface area contributed by atoms with Crippen LogP contribution in [-0.2, 0) is 9.84 Å². The van der Waals surface area contributed by atoms with E-state index in [9.17, 15) is 13.2 Å². The van der Waals surface area contributed by atoms with Gasteiger partial charge in [0.15, 0.2) is 15.5 Å². The van der Waals surface area contributed by atoms with Crippen LogP contribution in [0.2, 0.25) is 0 Å². The smallest absolute Gasteiger partial charge is 0.289 e. The standard InChI is InChI=1S/C24H29N5O3S/c1-16-17(2)29(19-9-5-3-6-10-19)23-20(16)22(28-12-7-4-8-13-28)26-21(27-23)24(30)25-18-11-14-33(31,32)15-18/h3,5-6,9-10,18H,4,7-8,11-15H2,1-2H3,(H,25,30)/t18-/m1/s1. The first-order valence-corrected chi connectivity index (χ1v) is 13.4. The molecule has 2 aromatic heterocycles. The van der Waals surface area contributed by atoms with Crippen molar-refractivity contribution >= 4 is 32.6 Å². The van der Waals surface area contributed by atoms with Crippen molar-refractivity contribution in [1.82, 2.24) is 19.9 Å². The van der Waals surface area contributed by atoms with Gasteiger partial charge in [-0.15, -0.1) is 0 Å². The van der Waals surface area contributed by atoms with E-state index in [0.717, 1.165) is 54.1 Å². The maximum atomic E-state index is 13.2. The van der Waals surface area contributed by atoms with Crippen molar-refractivity contribution in [2.24, 2.45) is 0 Å². The lowest BCUT2D eigenvalue weighted by Gasteiger charge is -2.28. The summed E-state index contributed by atoms with van der Waals surface area (Å²) in [5.41, 5.74) is 3.84. The van der Waals surface area contributed by atoms with Gasteiger partial charge in [0, 0.05) is 30.5 Å². The largest absolute Gasteiger partial charge is 0.356 e. The van der Waals surface area contributed by atoms with Gasteiger partial charge in [-0.2, -0.15) is 0 Å². The number of fused-ring (bicyclic) bond motifs is 1. The number of benzene rings is 1. The number of carbonyl (C=O) groups excluding carboxylic acids is 1. The van der Waals surface area contributed by atoms with Crippen molar-refractivity contribution in [2.45, 2.75) is 45.6 Å². The molecule has 8 nitrogen and oxygen atoms in total. The topological polar surface area (TPSA) is 97.2 Å². The first-order chi connectivity index (χ1) is 15.8. The van der Waals surface area contributed by atoms with E-state index in [1.807, 2.05) is 30.3 Å². The summed E-state index contributed by atoms with van der Waals surface area (Å²) < 4.78 is 25.8. The molecule has 2 saturated heterocycles. The molecule has 0 saturated carbocycles. The molecule has 0 bridgehead atoms. The molecule has 2 fully saturated rings. The highest BCUT2D eigenvalue weighted by Crippen LogP contribution is 2.34. The lowest BCUT2D eigenvalue weighted by atomic mass is 10.1. The second kappa shape index (κ2) is 8.44. The van der Waals surface area contributed by atoms with E-state index in [0.29, 0.717) is 12.1 Å². The molecule has 9 heteroatoms. The first kappa shape index (κ1) is 21.9. The Bertz CT molecular complexity index is 1310. The van der Waals surface area contributed by atoms with Crippen LogP contribution in [0.3, 0.4) is 0 Å². The minimum Gasteiger partial charge on any atom is -0.356 e. The monoisotopic (exact) mass is 467 g/mol. The molecule has 3 aromatic rings. The van der Waals surface area contributed by atoms with Crippen LogP contribution < -0.4 is 10.2 Å². The van der Waals surface area contributed by atoms with Crippen molar-refractivity contribution in [3.05, 3.63) is 47.4 Å². The van der Waals surface area contributed by atoms with Gasteiger partial charge < -0.3 is 10.2 Å². The number of amides is 1. The molecule has 1 amide bonds. The summed E-state index contributed by atoms with van der Waals surface area (Å²) in [6, 6.07) is 9.59. The van der Waals surface area contributed by atoms with Gasteiger partial charge in [0.1, 0.15) is 5.82 Å². The molecule has 4 heterocycles. The number of nitrogens with zero attached hydrogens (tertiary/aromatic N) is 4. The van der Waals surface area contributed by atoms with E-state index >= 15 is 0 Å². The van der Waals surface area contributed by atoms with Crippen molar-refractivity contribution in [2.75, 3.05) is 29.5 Å². The van der Waals surface area contributed by atoms with E-state index in [-0.39, 0.29) is 17.3 Å². The zero-order chi connectivity index (χ0) is 23.2. The van der Waals surface area contributed by atoms with Gasteiger partial charge in [-0.1, -0.05) is 18.2 Å². The Morgan fingerprint density at radius 3 is 2.45 bits per heavy atom. The van der Waals surface area contributed by atoms with E-state index in [1.165, 1.54) is 6.42 Å². The molecule has 1 atom stereocenters. The van der Waals surface area contributed by atoms with Crippen LogP contribution >= 0.6 is 0 Å². The zero-order valence-electron chi connectivity index (χ0n) is 19.0. The fourth-order valence-electron chi connectivity index (χ4n) is 4.93. The molecule has 2 aliphatic rings. The third-order valence-corrected chi connectivity index (χ3v) is 8.54. The maximum Gasteiger partial charge on any atom is 0.289 e. The summed E-state index contributed by atoms with van der Waals surface area (Å²) in [4.78, 5) is 24.9. The number of aromatic nitrogens is 3. The zero-order valence-corrected chi connectivity index (χ0v) is 19.9. The molecule has 0 unspecified atom stereocenters. The van der Waals surface area contributed by atoms with Gasteiger partial charge in [0.05, 0.1) is 16.9 Å². The van der Waals surface area contributed by atoms with Gasteiger partial charge in [0.2, 0.25) is 5.82 Å². The Balaban J connectivity index is 1.64. The normalized spacial score (nSPS) is 20.3. The van der Waals surface area contributed by atoms with E-state index in [1.54, 1.807) is 0 Å². The Morgan fingerprint density at radius 2 is 1.79 bits per heavy atom. The molecule has 1 N–H and O–H groups in total. The number of nitrogens with one attached hydrogen (secondary N) is 1. The van der Waals surface area contributed by atoms with Gasteiger partial charge in [-0.25, -0.2) is 18.4 Å². The lowest BCUT2D eigenvalue weighted by molar-refractivity contribution is 0.0931. The summed E-state index contributed by atoms with van der Waals surface area (Å²) in [6.45, 7) is 5.93. The van der Waals surface area contributed by atoms with Crippen molar-refractivity contribution in [3.8, 4) is 5.69 Å². The number of anilines is 1. The molecule has 0 radical (unpaired) electrons. The predicted molar refractivity (Wildman–Crippen MR) is 129 cm³/mol. The summed E-state index contributed by atoms with van der Waals surface area (Å²) in [6.07, 6.45) is 3.79. The molecule has 1 aromatic carbocycles. The Hall–Kier alpha value is -2.94. The molecule has 33 heavy (non-hydrogen) atoms. The van der Waals surface area contributed by atoms with E-state index in [2.05, 4.69) is 28.6 Å². The maximum absolute atomic E-state index is 13.2. The number of hydrogen-bond donors (Lipinski definition) is 1. The van der Waals surface area contributed by atoms with Crippen LogP contribution in [0.15, 0.2) is 30.3 Å². The van der Waals surface area contributed by atoms with Crippen molar-refractivity contribution in [1.29, 1.82) is 0 Å². The number of hydrogen-bond acceptors (Lipinski definition) is 6. The lowest BCUT2D eigenvalue weighted by Crippen LogP contribution is -2.37. The third-order valence-electron chi connectivity index (χ3n) is 6.78. The van der Waals surface area contributed by atoms with Gasteiger partial charge in [-0.3, -0.25) is 9.36 Å². The Kier molecular flexibility index (Phi) is 5.60. The van der Waals surface area contributed by atoms with E-state index in [4.69, 9.17) is 9.97 Å². The summed E-state index contributed by atoms with van der Waals surface area (Å²) in [5.74, 6) is 0.527. The first-order valence-electron chi connectivity index (χ1n) is 11.6. The van der Waals surface area contributed by atoms with Crippen LogP contribution in [0.1, 0.15) is 47.6 Å². The van der Waals surface area contributed by atoms with E-state index < -0.39 is 21.8 Å². The van der Waals surface area contributed by atoms with Crippen LogP contribution in [-0.4, -0.2) is 59.5 Å². The Morgan fingerprint density at radius 1 is 1.06 bits per heavy atom. The fraction of sp³-hybridized carbons (Fsp3) is 0.458.